The molecular weight excluding hydrogens is 360 g/mol. The van der Waals surface area contributed by atoms with Crippen LogP contribution in [0.15, 0.2) is 5.11 Å². The average Bonchev–Trinajstić information content (AvgIpc) is 2.49. The summed E-state index contributed by atoms with van der Waals surface area (Å²) in [6, 6.07) is -1.55. The second-order valence-electron chi connectivity index (χ2n) is 5.02. The number of hydrogen-bond donors (Lipinski definition) is 0. The Morgan fingerprint density at radius 1 is 1.15 bits per heavy atom. The van der Waals surface area contributed by atoms with Crippen molar-refractivity contribution in [2.75, 3.05) is 6.61 Å². The third kappa shape index (κ3) is 6.07. The van der Waals surface area contributed by atoms with Crippen LogP contribution in [0.25, 0.3) is 10.4 Å². The maximum Gasteiger partial charge on any atom is 0.303 e. The molecular formula is C12H16N4O10. The fourth-order valence-electron chi connectivity index (χ4n) is 2.24. The zero-order valence-electron chi connectivity index (χ0n) is 14.0. The Balaban J connectivity index is 3.28. The lowest BCUT2D eigenvalue weighted by molar-refractivity contribution is -0.783. The Hall–Kier alpha value is -3.12. The highest BCUT2D eigenvalue weighted by Crippen LogP contribution is 2.29. The van der Waals surface area contributed by atoms with Crippen molar-refractivity contribution >= 4 is 17.9 Å². The Morgan fingerprint density at radius 3 is 2.19 bits per heavy atom. The predicted octanol–water partition coefficient (Wildman–Crippen LogP) is 0.0250. The van der Waals surface area contributed by atoms with Gasteiger partial charge in [0.25, 0.3) is 5.09 Å². The molecule has 0 amide bonds. The van der Waals surface area contributed by atoms with E-state index in [9.17, 15) is 24.5 Å². The topological polar surface area (TPSA) is 189 Å². The van der Waals surface area contributed by atoms with Crippen LogP contribution < -0.4 is 0 Å². The van der Waals surface area contributed by atoms with E-state index in [0.29, 0.717) is 0 Å². The van der Waals surface area contributed by atoms with Crippen molar-refractivity contribution in [2.24, 2.45) is 5.11 Å². The maximum atomic E-state index is 11.4. The highest BCUT2D eigenvalue weighted by molar-refractivity contribution is 5.68. The fraction of sp³-hybridized carbons (Fsp3) is 0.750. The van der Waals surface area contributed by atoms with Crippen LogP contribution in [0, 0.1) is 10.1 Å². The van der Waals surface area contributed by atoms with Gasteiger partial charge in [0.05, 0.1) is 0 Å². The normalized spacial score (nSPS) is 27.4. The largest absolute Gasteiger partial charge is 0.463 e. The summed E-state index contributed by atoms with van der Waals surface area (Å²) in [5, 5.41) is 12.8. The molecule has 26 heavy (non-hydrogen) atoms. The lowest BCUT2D eigenvalue weighted by atomic mass is 9.97. The van der Waals surface area contributed by atoms with Crippen molar-refractivity contribution in [1.29, 1.82) is 0 Å². The number of carbonyl (C=O) groups is 3. The minimum atomic E-state index is -1.79. The minimum Gasteiger partial charge on any atom is -0.463 e. The third-order valence-corrected chi connectivity index (χ3v) is 3.04. The van der Waals surface area contributed by atoms with E-state index in [-0.39, 0.29) is 0 Å². The number of rotatable bonds is 7. The van der Waals surface area contributed by atoms with Crippen molar-refractivity contribution in [3.8, 4) is 0 Å². The molecule has 5 atom stereocenters. The summed E-state index contributed by atoms with van der Waals surface area (Å²) < 4.78 is 20.1. The van der Waals surface area contributed by atoms with Gasteiger partial charge < -0.3 is 18.9 Å². The standard InChI is InChI=1S/C12H16N4O10/c1-5(17)22-4-8-10(23-6(2)18)11(24-7(3)19)9(14-15-13)12(25-8)26-16(20)21/h8-12H,4H2,1-3H3/t8-,9+,10-,11-,12+/m1/s1. The smallest absolute Gasteiger partial charge is 0.303 e. The number of ether oxygens (including phenoxy) is 4. The van der Waals surface area contributed by atoms with Gasteiger partial charge in [0.15, 0.2) is 12.2 Å². The van der Waals surface area contributed by atoms with Crippen molar-refractivity contribution < 1.29 is 43.3 Å². The van der Waals surface area contributed by atoms with Crippen LogP contribution in [0.5, 0.6) is 0 Å². The molecule has 1 aliphatic heterocycles. The van der Waals surface area contributed by atoms with Gasteiger partial charge in [-0.25, -0.2) is 0 Å². The Labute approximate surface area is 146 Å². The molecule has 0 unspecified atom stereocenters. The molecule has 0 aromatic rings. The fourth-order valence-corrected chi connectivity index (χ4v) is 2.24. The Morgan fingerprint density at radius 2 is 1.73 bits per heavy atom. The molecule has 1 saturated heterocycles. The molecule has 1 fully saturated rings. The molecule has 144 valence electrons. The van der Waals surface area contributed by atoms with Crippen molar-refractivity contribution in [2.45, 2.75) is 51.4 Å². The van der Waals surface area contributed by atoms with Gasteiger partial charge in [0.2, 0.25) is 6.29 Å². The first-order valence-corrected chi connectivity index (χ1v) is 7.14. The lowest BCUT2D eigenvalue weighted by Gasteiger charge is -2.42. The number of esters is 3. The SMILES string of the molecule is CC(=O)OC[C@H]1O[C@@H](O[N+](=O)[O-])[C@@H](N=[N+]=[N-])[C@@H](OC(C)=O)[C@@H]1OC(C)=O. The Kier molecular flexibility index (Phi) is 7.55. The van der Waals surface area contributed by atoms with Crippen molar-refractivity contribution in [1.82, 2.24) is 0 Å². The first-order valence-electron chi connectivity index (χ1n) is 7.14. The number of nitrogens with zero attached hydrogens (tertiary/aromatic N) is 4. The number of carbonyl (C=O) groups excluding carboxylic acids is 3. The third-order valence-electron chi connectivity index (χ3n) is 3.04. The molecule has 0 N–H and O–H groups in total. The summed E-state index contributed by atoms with van der Waals surface area (Å²) in [7, 11) is 0. The number of azide groups is 1. The van der Waals surface area contributed by atoms with Crippen LogP contribution in [-0.4, -0.2) is 60.2 Å². The number of hydrogen-bond acceptors (Lipinski definition) is 11. The maximum absolute atomic E-state index is 11.4. The van der Waals surface area contributed by atoms with Gasteiger partial charge in [-0.2, -0.15) is 0 Å². The van der Waals surface area contributed by atoms with Crippen molar-refractivity contribution in [3.05, 3.63) is 20.6 Å². The average molecular weight is 376 g/mol. The van der Waals surface area contributed by atoms with E-state index in [0.717, 1.165) is 20.8 Å². The summed E-state index contributed by atoms with van der Waals surface area (Å²) in [6.07, 6.45) is -5.94. The second kappa shape index (κ2) is 9.39. The molecule has 1 aliphatic rings. The summed E-state index contributed by atoms with van der Waals surface area (Å²) >= 11 is 0. The van der Waals surface area contributed by atoms with E-state index in [1.807, 2.05) is 0 Å². The highest BCUT2D eigenvalue weighted by Gasteiger charge is 2.51. The van der Waals surface area contributed by atoms with E-state index in [1.54, 1.807) is 0 Å². The highest BCUT2D eigenvalue weighted by atomic mass is 17.0. The monoisotopic (exact) mass is 376 g/mol. The molecule has 0 saturated carbocycles. The summed E-state index contributed by atoms with van der Waals surface area (Å²) in [5.41, 5.74) is 8.69. The first kappa shape index (κ1) is 20.9. The van der Waals surface area contributed by atoms with Gasteiger partial charge in [-0.1, -0.05) is 5.11 Å². The summed E-state index contributed by atoms with van der Waals surface area (Å²) in [5.74, 6) is -2.36. The molecule has 0 radical (unpaired) electrons. The van der Waals surface area contributed by atoms with Gasteiger partial charge in [-0.3, -0.25) is 19.2 Å². The first-order chi connectivity index (χ1) is 12.1. The van der Waals surface area contributed by atoms with Gasteiger partial charge in [0, 0.05) is 25.7 Å². The van der Waals surface area contributed by atoms with Crippen molar-refractivity contribution in [3.63, 3.8) is 0 Å². The van der Waals surface area contributed by atoms with E-state index < -0.39 is 60.2 Å². The quantitative estimate of drug-likeness (QED) is 0.111. The van der Waals surface area contributed by atoms with Gasteiger partial charge in [-0.15, -0.1) is 10.1 Å². The molecule has 0 aliphatic carbocycles. The molecule has 1 heterocycles. The van der Waals surface area contributed by atoms with Crippen LogP contribution in [0.3, 0.4) is 0 Å². The molecule has 1 rings (SSSR count). The molecule has 0 bridgehead atoms. The molecule has 0 aromatic carbocycles. The van der Waals surface area contributed by atoms with Gasteiger partial charge in [-0.05, 0) is 5.53 Å². The van der Waals surface area contributed by atoms with E-state index in [2.05, 4.69) is 14.9 Å². The van der Waals surface area contributed by atoms with Crippen LogP contribution in [0.2, 0.25) is 0 Å². The van der Waals surface area contributed by atoms with Crippen LogP contribution in [0.1, 0.15) is 20.8 Å². The van der Waals surface area contributed by atoms with E-state index in [4.69, 9.17) is 24.5 Å². The lowest BCUT2D eigenvalue weighted by Crippen LogP contribution is -2.61. The van der Waals surface area contributed by atoms with E-state index >= 15 is 0 Å². The van der Waals surface area contributed by atoms with Gasteiger partial charge >= 0.3 is 17.9 Å². The summed E-state index contributed by atoms with van der Waals surface area (Å²) in [4.78, 5) is 51.3. The van der Waals surface area contributed by atoms with Gasteiger partial charge in [0.1, 0.15) is 18.8 Å². The van der Waals surface area contributed by atoms with Crippen LogP contribution >= 0.6 is 0 Å². The second-order valence-corrected chi connectivity index (χ2v) is 5.02. The molecule has 0 spiro atoms. The van der Waals surface area contributed by atoms with Crippen LogP contribution in [0.4, 0.5) is 0 Å². The Bertz CT molecular complexity index is 619. The zero-order chi connectivity index (χ0) is 19.9. The van der Waals surface area contributed by atoms with E-state index in [1.165, 1.54) is 0 Å². The zero-order valence-corrected chi connectivity index (χ0v) is 14.0. The predicted molar refractivity (Wildman–Crippen MR) is 77.4 cm³/mol. The molecule has 0 aromatic heterocycles. The summed E-state index contributed by atoms with van der Waals surface area (Å²) in [6.45, 7) is 2.68. The minimum absolute atomic E-state index is 0.494. The molecule has 14 heteroatoms. The molecule has 14 nitrogen and oxygen atoms in total. The van der Waals surface area contributed by atoms with Crippen LogP contribution in [-0.2, 0) is 38.2 Å².